The molecule has 3 heteroatoms. The van der Waals surface area contributed by atoms with Crippen molar-refractivity contribution < 1.29 is 4.57 Å². The Balaban J connectivity index is 1.14. The first-order valence-corrected chi connectivity index (χ1v) is 22.3. The molecule has 13 rings (SSSR count). The Bertz CT molecular complexity index is 3340. The molecule has 2 heterocycles. The third-order valence-electron chi connectivity index (χ3n) is 14.8. The molecule has 0 bridgehead atoms. The predicted molar refractivity (Wildman–Crippen MR) is 255 cm³/mol. The fraction of sp³-hybridized carbons (Fsp3) is 0.0820. The molecule has 8 aromatic carbocycles. The molecule has 0 aliphatic heterocycles. The van der Waals surface area contributed by atoms with Gasteiger partial charge in [0.25, 0.3) is 0 Å². The first-order valence-electron chi connectivity index (χ1n) is 22.3. The summed E-state index contributed by atoms with van der Waals surface area (Å²) in [4.78, 5) is 5.21. The van der Waals surface area contributed by atoms with Crippen molar-refractivity contribution in [1.29, 1.82) is 0 Å². The van der Waals surface area contributed by atoms with Crippen molar-refractivity contribution in [1.82, 2.24) is 9.55 Å². The standard InChI is InChI=1S/C61H43N3/c1-41-39-64(40-63(41)2)61(56-33-13-7-27-50(56)51-28-8-14-34-57(51)61)45-22-18-20-43(38-45)59(52-29-9-3-23-46(52)47-24-4-10-30-53(47)59)42-19-17-21-44(37-42)60(58-35-15-16-36-62-58)54-31-11-5-25-48(54)49-26-6-12-32-55(49)60/h3-39H,1-2H3. The number of nitrogens with zero attached hydrogens (tertiary/aromatic N) is 3. The average molecular weight is 818 g/mol. The molecule has 0 unspecified atom stereocenters. The Morgan fingerprint density at radius 2 is 0.781 bits per heavy atom. The summed E-state index contributed by atoms with van der Waals surface area (Å²) in [5, 5.41) is 0. The zero-order valence-corrected chi connectivity index (χ0v) is 35.7. The van der Waals surface area contributed by atoms with Crippen LogP contribution in [0.1, 0.15) is 67.0 Å². The first-order chi connectivity index (χ1) is 31.6. The monoisotopic (exact) mass is 817 g/mol. The normalized spacial score (nSPS) is 15.1. The van der Waals surface area contributed by atoms with Gasteiger partial charge in [0.15, 0.2) is 5.54 Å². The molecule has 64 heavy (non-hydrogen) atoms. The molecule has 3 aliphatic carbocycles. The average Bonchev–Trinajstić information content (AvgIpc) is 4.06. The number of fused-ring (bicyclic) bond motifs is 9. The van der Waals surface area contributed by atoms with Crippen molar-refractivity contribution >= 4 is 0 Å². The Morgan fingerprint density at radius 1 is 0.406 bits per heavy atom. The minimum atomic E-state index is -0.684. The lowest BCUT2D eigenvalue weighted by Gasteiger charge is -2.38. The lowest BCUT2D eigenvalue weighted by molar-refractivity contribution is -0.681. The van der Waals surface area contributed by atoms with Crippen molar-refractivity contribution in [3.8, 4) is 33.4 Å². The molecule has 10 aromatic rings. The molecule has 3 nitrogen and oxygen atoms in total. The van der Waals surface area contributed by atoms with E-state index < -0.39 is 16.4 Å². The van der Waals surface area contributed by atoms with Gasteiger partial charge in [-0.3, -0.25) is 4.98 Å². The van der Waals surface area contributed by atoms with E-state index in [0.29, 0.717) is 0 Å². The molecule has 302 valence electrons. The van der Waals surface area contributed by atoms with Crippen LogP contribution < -0.4 is 4.57 Å². The van der Waals surface area contributed by atoms with Crippen LogP contribution in [-0.2, 0) is 23.4 Å². The van der Waals surface area contributed by atoms with E-state index in [2.05, 4.69) is 242 Å². The summed E-state index contributed by atoms with van der Waals surface area (Å²) in [6, 6.07) is 79.3. The minimum Gasteiger partial charge on any atom is -0.351 e. The zero-order valence-electron chi connectivity index (χ0n) is 35.7. The van der Waals surface area contributed by atoms with Crippen molar-refractivity contribution in [2.24, 2.45) is 7.05 Å². The lowest BCUT2D eigenvalue weighted by Crippen LogP contribution is -2.38. The van der Waals surface area contributed by atoms with E-state index in [9.17, 15) is 0 Å². The highest BCUT2D eigenvalue weighted by atomic mass is 15.2. The number of hydrogen-bond donors (Lipinski definition) is 0. The van der Waals surface area contributed by atoms with Gasteiger partial charge in [-0.2, -0.15) is 0 Å². The van der Waals surface area contributed by atoms with Gasteiger partial charge in [0, 0.05) is 22.9 Å². The largest absolute Gasteiger partial charge is 0.351 e. The van der Waals surface area contributed by atoms with Crippen LogP contribution in [0.25, 0.3) is 33.4 Å². The second-order valence-electron chi connectivity index (χ2n) is 17.7. The maximum atomic E-state index is 5.21. The van der Waals surface area contributed by atoms with Crippen LogP contribution in [0.3, 0.4) is 0 Å². The van der Waals surface area contributed by atoms with Gasteiger partial charge in [-0.1, -0.05) is 201 Å². The summed E-state index contributed by atoms with van der Waals surface area (Å²) >= 11 is 0. The summed E-state index contributed by atoms with van der Waals surface area (Å²) in [7, 11) is 2.09. The van der Waals surface area contributed by atoms with E-state index in [1.165, 1.54) is 89.0 Å². The minimum absolute atomic E-state index is 0.649. The van der Waals surface area contributed by atoms with Gasteiger partial charge in [0.1, 0.15) is 0 Å². The number of imidazole rings is 1. The van der Waals surface area contributed by atoms with Crippen molar-refractivity contribution in [2.75, 3.05) is 0 Å². The van der Waals surface area contributed by atoms with Gasteiger partial charge < -0.3 is 9.13 Å². The summed E-state index contributed by atoms with van der Waals surface area (Å²) in [6.07, 6.45) is 7.98. The van der Waals surface area contributed by atoms with E-state index in [1.54, 1.807) is 0 Å². The van der Waals surface area contributed by atoms with Gasteiger partial charge in [-0.15, -0.1) is 0 Å². The zero-order chi connectivity index (χ0) is 42.6. The van der Waals surface area contributed by atoms with Crippen molar-refractivity contribution in [2.45, 2.75) is 23.3 Å². The van der Waals surface area contributed by atoms with E-state index in [1.807, 2.05) is 12.3 Å². The summed E-state index contributed by atoms with van der Waals surface area (Å²) in [5.74, 6) is 0. The molecule has 3 aliphatic rings. The Hall–Kier alpha value is -7.88. The number of benzene rings is 8. The lowest BCUT2D eigenvalue weighted by atomic mass is 9.64. The molecule has 0 radical (unpaired) electrons. The molecular formula is C61H43N3. The maximum absolute atomic E-state index is 5.21. The smallest absolute Gasteiger partial charge is 0.205 e. The molecule has 0 amide bonds. The molecule has 0 spiro atoms. The molecule has 2 aromatic heterocycles. The van der Waals surface area contributed by atoms with Gasteiger partial charge in [0.2, 0.25) is 6.33 Å². The number of rotatable bonds is 6. The van der Waals surface area contributed by atoms with E-state index in [4.69, 9.17) is 4.98 Å². The Labute approximate surface area is 374 Å². The van der Waals surface area contributed by atoms with E-state index in [-0.39, 0.29) is 0 Å². The van der Waals surface area contributed by atoms with Gasteiger partial charge in [-0.25, -0.2) is 0 Å². The van der Waals surface area contributed by atoms with E-state index in [0.717, 1.165) is 11.4 Å². The maximum Gasteiger partial charge on any atom is 0.205 e. The second kappa shape index (κ2) is 13.6. The van der Waals surface area contributed by atoms with Gasteiger partial charge in [-0.05, 0) is 102 Å². The number of aryl methyl sites for hydroxylation is 2. The van der Waals surface area contributed by atoms with Crippen molar-refractivity contribution in [3.05, 3.63) is 298 Å². The summed E-state index contributed by atoms with van der Waals surface area (Å²) < 4.78 is 4.45. The second-order valence-corrected chi connectivity index (χ2v) is 17.7. The fourth-order valence-corrected chi connectivity index (χ4v) is 12.2. The van der Waals surface area contributed by atoms with Crippen LogP contribution in [0.15, 0.2) is 225 Å². The summed E-state index contributed by atoms with van der Waals surface area (Å²) in [5.41, 5.74) is 20.0. The predicted octanol–water partition coefficient (Wildman–Crippen LogP) is 12.4. The van der Waals surface area contributed by atoms with Crippen molar-refractivity contribution in [3.63, 3.8) is 0 Å². The van der Waals surface area contributed by atoms with Gasteiger partial charge in [0.05, 0.1) is 23.6 Å². The van der Waals surface area contributed by atoms with Crippen LogP contribution in [0.5, 0.6) is 0 Å². The van der Waals surface area contributed by atoms with Gasteiger partial charge >= 0.3 is 0 Å². The summed E-state index contributed by atoms with van der Waals surface area (Å²) in [6.45, 7) is 2.16. The molecule has 0 saturated heterocycles. The first kappa shape index (κ1) is 36.7. The quantitative estimate of drug-likeness (QED) is 0.121. The topological polar surface area (TPSA) is 21.7 Å². The van der Waals surface area contributed by atoms with Crippen LogP contribution >= 0.6 is 0 Å². The Morgan fingerprint density at radius 3 is 1.22 bits per heavy atom. The molecular weight excluding hydrogens is 775 g/mol. The molecule has 0 atom stereocenters. The number of pyridine rings is 1. The number of hydrogen-bond acceptors (Lipinski definition) is 1. The SMILES string of the molecule is Cc1cn(C2(c3cccc(C4(c5cccc(C6(c7ccccn7)c7ccccc7-c7ccccc76)c5)c5ccccc5-c5ccccc54)c3)c3ccccc3-c3ccccc32)[c-][n+]1C. The third-order valence-corrected chi connectivity index (χ3v) is 14.8. The fourth-order valence-electron chi connectivity index (χ4n) is 12.2. The van der Waals surface area contributed by atoms with Crippen LogP contribution in [-0.4, -0.2) is 9.55 Å². The molecule has 0 fully saturated rings. The highest BCUT2D eigenvalue weighted by Gasteiger charge is 2.52. The van der Waals surface area contributed by atoms with Crippen LogP contribution in [0, 0.1) is 13.3 Å². The Kier molecular flexibility index (Phi) is 7.78. The molecule has 0 N–H and O–H groups in total. The number of aromatic nitrogens is 3. The molecule has 0 saturated carbocycles. The highest BCUT2D eigenvalue weighted by molar-refractivity contribution is 5.89. The highest BCUT2D eigenvalue weighted by Crippen LogP contribution is 2.60. The van der Waals surface area contributed by atoms with Crippen LogP contribution in [0.2, 0.25) is 0 Å². The van der Waals surface area contributed by atoms with E-state index >= 15 is 0 Å². The van der Waals surface area contributed by atoms with Crippen LogP contribution in [0.4, 0.5) is 0 Å². The third kappa shape index (κ3) is 4.60.